The molecule has 0 spiro atoms. The minimum atomic E-state index is -1.41. The van der Waals surface area contributed by atoms with Crippen molar-refractivity contribution in [3.05, 3.63) is 77.6 Å². The smallest absolute Gasteiger partial charge is 0.414 e. The topological polar surface area (TPSA) is 118 Å². The van der Waals surface area contributed by atoms with Gasteiger partial charge in [0.1, 0.15) is 18.7 Å². The Hall–Kier alpha value is -4.39. The van der Waals surface area contributed by atoms with Gasteiger partial charge in [-0.25, -0.2) is 18.0 Å². The maximum Gasteiger partial charge on any atom is 0.414 e. The second-order valence-corrected chi connectivity index (χ2v) is 7.91. The van der Waals surface area contributed by atoms with Crippen LogP contribution in [0.15, 0.2) is 53.4 Å². The van der Waals surface area contributed by atoms with Gasteiger partial charge in [-0.2, -0.15) is 15.4 Å². The lowest BCUT2D eigenvalue weighted by Gasteiger charge is -2.17. The zero-order chi connectivity index (χ0) is 25.1. The lowest BCUT2D eigenvalue weighted by Crippen LogP contribution is -2.28. The van der Waals surface area contributed by atoms with Crippen LogP contribution in [0.1, 0.15) is 11.3 Å². The van der Waals surface area contributed by atoms with E-state index in [4.69, 9.17) is 9.47 Å². The number of aromatic amines is 1. The van der Waals surface area contributed by atoms with Crippen LogP contribution in [0.3, 0.4) is 0 Å². The molecule has 4 aromatic rings. The van der Waals surface area contributed by atoms with E-state index < -0.39 is 40.9 Å². The number of ether oxygens (including phenoxy) is 2. The predicted octanol–water partition coefficient (Wildman–Crippen LogP) is 3.57. The van der Waals surface area contributed by atoms with Gasteiger partial charge in [0.25, 0.3) is 5.88 Å². The fourth-order valence-corrected chi connectivity index (χ4v) is 3.74. The van der Waals surface area contributed by atoms with Crippen molar-refractivity contribution in [1.82, 2.24) is 25.9 Å². The Morgan fingerprint density at radius 3 is 2.69 bits per heavy atom. The molecule has 1 aliphatic rings. The van der Waals surface area contributed by atoms with Crippen LogP contribution in [0.5, 0.6) is 5.88 Å². The number of nitrogens with one attached hydrogen (secondary N) is 2. The Kier molecular flexibility index (Phi) is 6.54. The highest BCUT2D eigenvalue weighted by atomic mass is 19.2. The highest BCUT2D eigenvalue weighted by Gasteiger charge is 2.36. The van der Waals surface area contributed by atoms with Crippen LogP contribution >= 0.6 is 0 Å². The lowest BCUT2D eigenvalue weighted by molar-refractivity contribution is 0.101. The van der Waals surface area contributed by atoms with Crippen LogP contribution in [0.4, 0.5) is 23.7 Å². The third-order valence-corrected chi connectivity index (χ3v) is 5.48. The van der Waals surface area contributed by atoms with Crippen molar-refractivity contribution < 1.29 is 32.0 Å². The molecular weight excluding hydrogens is 481 g/mol. The summed E-state index contributed by atoms with van der Waals surface area (Å²) in [7, 11) is 0. The number of anilines is 1. The first-order valence-electron chi connectivity index (χ1n) is 10.8. The largest absolute Gasteiger partial charge is 0.471 e. The van der Waals surface area contributed by atoms with E-state index in [1.54, 1.807) is 18.3 Å². The van der Waals surface area contributed by atoms with E-state index in [1.165, 1.54) is 24.5 Å². The van der Waals surface area contributed by atoms with Crippen LogP contribution in [0.2, 0.25) is 0 Å². The number of carbonyl (C=O) groups is 1. The number of amides is 1. The number of rotatable bonds is 9. The van der Waals surface area contributed by atoms with Crippen molar-refractivity contribution in [2.75, 3.05) is 18.1 Å². The summed E-state index contributed by atoms with van der Waals surface area (Å²) in [6.45, 7) is 0.700. The third kappa shape index (κ3) is 4.86. The molecule has 0 unspecified atom stereocenters. The minimum Gasteiger partial charge on any atom is -0.471 e. The number of benzene rings is 2. The number of nitrogens with zero attached hydrogens (tertiary/aromatic N) is 4. The van der Waals surface area contributed by atoms with Crippen molar-refractivity contribution in [3.8, 4) is 17.0 Å². The molecule has 1 aliphatic heterocycles. The average molecular weight is 500 g/mol. The van der Waals surface area contributed by atoms with Crippen molar-refractivity contribution in [2.24, 2.45) is 0 Å². The van der Waals surface area contributed by atoms with E-state index in [1.807, 2.05) is 0 Å². The number of halogens is 3. The van der Waals surface area contributed by atoms with Crippen LogP contribution in [0, 0.1) is 17.5 Å². The van der Waals surface area contributed by atoms with Gasteiger partial charge in [-0.05, 0) is 16.3 Å². The van der Waals surface area contributed by atoms with Crippen molar-refractivity contribution in [3.63, 3.8) is 0 Å². The third-order valence-electron chi connectivity index (χ3n) is 5.48. The Bertz CT molecular complexity index is 1330. The van der Waals surface area contributed by atoms with Gasteiger partial charge in [-0.1, -0.05) is 24.3 Å². The van der Waals surface area contributed by atoms with E-state index in [-0.39, 0.29) is 24.6 Å². The molecule has 1 fully saturated rings. The van der Waals surface area contributed by atoms with Gasteiger partial charge in [0, 0.05) is 25.2 Å². The highest BCUT2D eigenvalue weighted by molar-refractivity contribution is 5.90. The average Bonchev–Trinajstić information content (AvgIpc) is 3.64. The van der Waals surface area contributed by atoms with Crippen molar-refractivity contribution in [1.29, 1.82) is 0 Å². The van der Waals surface area contributed by atoms with Gasteiger partial charge in [0.2, 0.25) is 0 Å². The molecule has 2 aromatic carbocycles. The van der Waals surface area contributed by atoms with E-state index in [0.29, 0.717) is 13.1 Å². The summed E-state index contributed by atoms with van der Waals surface area (Å²) in [5, 5.41) is 16.9. The predicted molar refractivity (Wildman–Crippen MR) is 118 cm³/mol. The van der Waals surface area contributed by atoms with Crippen LogP contribution in [-0.4, -0.2) is 45.9 Å². The monoisotopic (exact) mass is 500 g/mol. The standard InChI is InChI=1S/C23H19F3N6O4/c24-17-7-18(32-11-16(36-23(32)33)12-34-19-5-6-35-30-19)21(25)22(26)20(17)14-3-1-13(2-4-14)8-27-9-15-10-28-31-29-15/h1-7,10,16,27H,8-9,11-12H2,(H,28,29,31)/t16-/m1/s1. The molecule has 1 amide bonds. The summed E-state index contributed by atoms with van der Waals surface area (Å²) >= 11 is 0. The molecule has 186 valence electrons. The second-order valence-electron chi connectivity index (χ2n) is 7.91. The molecule has 3 heterocycles. The van der Waals surface area contributed by atoms with Crippen LogP contribution < -0.4 is 15.0 Å². The molecule has 10 nitrogen and oxygen atoms in total. The van der Waals surface area contributed by atoms with Gasteiger partial charge in [-0.15, -0.1) is 0 Å². The Morgan fingerprint density at radius 2 is 1.97 bits per heavy atom. The molecule has 2 N–H and O–H groups in total. The lowest BCUT2D eigenvalue weighted by atomic mass is 10.0. The molecule has 1 saturated heterocycles. The summed E-state index contributed by atoms with van der Waals surface area (Å²) in [6.07, 6.45) is 1.14. The fourth-order valence-electron chi connectivity index (χ4n) is 3.74. The summed E-state index contributed by atoms with van der Waals surface area (Å²) < 4.78 is 60.1. The van der Waals surface area contributed by atoms with E-state index in [0.717, 1.165) is 22.2 Å². The van der Waals surface area contributed by atoms with Gasteiger partial charge < -0.3 is 19.3 Å². The Balaban J connectivity index is 1.28. The maximum absolute atomic E-state index is 15.0. The van der Waals surface area contributed by atoms with Crippen LogP contribution in [0.25, 0.3) is 11.1 Å². The number of H-pyrrole nitrogens is 1. The van der Waals surface area contributed by atoms with Gasteiger partial charge >= 0.3 is 6.09 Å². The van der Waals surface area contributed by atoms with E-state index >= 15 is 8.78 Å². The number of hydrogen-bond donors (Lipinski definition) is 2. The number of carbonyl (C=O) groups excluding carboxylic acids is 1. The molecule has 0 saturated carbocycles. The first kappa shape index (κ1) is 23.4. The van der Waals surface area contributed by atoms with Crippen molar-refractivity contribution >= 4 is 11.8 Å². The van der Waals surface area contributed by atoms with Gasteiger partial charge in [0.15, 0.2) is 17.7 Å². The quantitative estimate of drug-likeness (QED) is 0.335. The molecular formula is C23H19F3N6O4. The maximum atomic E-state index is 15.0. The molecule has 0 radical (unpaired) electrons. The normalized spacial score (nSPS) is 15.4. The van der Waals surface area contributed by atoms with E-state index in [2.05, 4.69) is 30.4 Å². The first-order chi connectivity index (χ1) is 17.5. The minimum absolute atomic E-state index is 0.0980. The second kappa shape index (κ2) is 10.1. The zero-order valence-electron chi connectivity index (χ0n) is 18.6. The number of cyclic esters (lactones) is 1. The highest BCUT2D eigenvalue weighted by Crippen LogP contribution is 2.35. The first-order valence-corrected chi connectivity index (χ1v) is 10.8. The van der Waals surface area contributed by atoms with Crippen molar-refractivity contribution in [2.45, 2.75) is 19.2 Å². The molecule has 13 heteroatoms. The molecule has 0 bridgehead atoms. The summed E-state index contributed by atoms with van der Waals surface area (Å²) in [5.74, 6) is -3.61. The SMILES string of the molecule is O=C1O[C@@H](COc2ccon2)CN1c1cc(F)c(-c2ccc(CNCc3cn[nH]n3)cc2)c(F)c1F. The van der Waals surface area contributed by atoms with Crippen LogP contribution in [-0.2, 0) is 17.8 Å². The Morgan fingerprint density at radius 1 is 1.14 bits per heavy atom. The molecule has 1 atom stereocenters. The molecule has 36 heavy (non-hydrogen) atoms. The molecule has 2 aromatic heterocycles. The molecule has 0 aliphatic carbocycles. The summed E-state index contributed by atoms with van der Waals surface area (Å²) in [5.41, 5.74) is 0.646. The zero-order valence-corrected chi connectivity index (χ0v) is 18.6. The van der Waals surface area contributed by atoms with Gasteiger partial charge in [0.05, 0.1) is 29.7 Å². The fraction of sp³-hybridized carbons (Fsp3) is 0.217. The van der Waals surface area contributed by atoms with Gasteiger partial charge in [-0.3, -0.25) is 4.90 Å². The summed E-state index contributed by atoms with van der Waals surface area (Å²) in [6, 6.07) is 8.58. The number of aromatic nitrogens is 4. The Labute approximate surface area is 202 Å². The molecule has 5 rings (SSSR count). The number of hydrogen-bond acceptors (Lipinski definition) is 8. The van der Waals surface area contributed by atoms with E-state index in [9.17, 15) is 9.18 Å². The summed E-state index contributed by atoms with van der Waals surface area (Å²) in [4.78, 5) is 13.1.